The van der Waals surface area contributed by atoms with Gasteiger partial charge >= 0.3 is 0 Å². The van der Waals surface area contributed by atoms with E-state index in [4.69, 9.17) is 9.47 Å². The van der Waals surface area contributed by atoms with Crippen molar-refractivity contribution in [1.82, 2.24) is 14.8 Å². The molecule has 2 saturated heterocycles. The molecule has 0 bridgehead atoms. The number of methoxy groups -OCH3 is 1. The van der Waals surface area contributed by atoms with Gasteiger partial charge in [-0.1, -0.05) is 36.4 Å². The third kappa shape index (κ3) is 2.99. The number of aromatic amines is 1. The van der Waals surface area contributed by atoms with Gasteiger partial charge in [-0.15, -0.1) is 0 Å². The highest BCUT2D eigenvalue weighted by molar-refractivity contribution is 6.01. The van der Waals surface area contributed by atoms with Crippen LogP contribution in [0, 0.1) is 0 Å². The average molecular weight is 460 g/mol. The molecule has 0 saturated carbocycles. The Hall–Kier alpha value is -3.32. The highest BCUT2D eigenvalue weighted by Crippen LogP contribution is 2.49. The van der Waals surface area contributed by atoms with Crippen molar-refractivity contribution in [2.24, 2.45) is 0 Å². The van der Waals surface area contributed by atoms with Crippen LogP contribution in [0.3, 0.4) is 0 Å². The van der Waals surface area contributed by atoms with E-state index in [9.17, 15) is 9.59 Å². The van der Waals surface area contributed by atoms with Crippen LogP contribution in [0.15, 0.2) is 48.5 Å². The maximum Gasteiger partial charge on any atom is 0.255 e. The van der Waals surface area contributed by atoms with Crippen molar-refractivity contribution in [3.63, 3.8) is 0 Å². The Balaban J connectivity index is 1.52. The molecule has 0 aliphatic carbocycles. The Kier molecular flexibility index (Phi) is 4.92. The number of fused-ring (bicyclic) bond motifs is 5. The summed E-state index contributed by atoms with van der Waals surface area (Å²) in [7, 11) is 1.67. The van der Waals surface area contributed by atoms with E-state index < -0.39 is 5.54 Å². The van der Waals surface area contributed by atoms with Crippen molar-refractivity contribution in [3.05, 3.63) is 65.4 Å². The zero-order chi connectivity index (χ0) is 23.4. The molecule has 34 heavy (non-hydrogen) atoms. The van der Waals surface area contributed by atoms with Gasteiger partial charge in [-0.05, 0) is 37.5 Å². The van der Waals surface area contributed by atoms with E-state index in [2.05, 4.69) is 17.1 Å². The lowest BCUT2D eigenvalue weighted by Crippen LogP contribution is -2.68. The highest BCUT2D eigenvalue weighted by Gasteiger charge is 2.56. The first-order valence-corrected chi connectivity index (χ1v) is 12.0. The topological polar surface area (TPSA) is 74.9 Å². The first kappa shape index (κ1) is 21.2. The molecule has 7 heteroatoms. The van der Waals surface area contributed by atoms with E-state index in [1.807, 2.05) is 43.3 Å². The average Bonchev–Trinajstić information content (AvgIpc) is 3.51. The number of amides is 2. The maximum absolute atomic E-state index is 14.1. The van der Waals surface area contributed by atoms with Crippen LogP contribution >= 0.6 is 0 Å². The SMILES string of the molecule is COc1ccccc1[C@@H]1CN2C(=O)CN(C[C@H]3CCCO3)C(=O)[C@]2(C)c2[nH]c3ccccc3c21. The second-order valence-electron chi connectivity index (χ2n) is 9.65. The van der Waals surface area contributed by atoms with Crippen molar-refractivity contribution >= 4 is 22.7 Å². The van der Waals surface area contributed by atoms with Gasteiger partial charge in [0.25, 0.3) is 5.91 Å². The molecule has 0 radical (unpaired) electrons. The van der Waals surface area contributed by atoms with Gasteiger partial charge in [0.2, 0.25) is 5.91 Å². The minimum Gasteiger partial charge on any atom is -0.496 e. The summed E-state index contributed by atoms with van der Waals surface area (Å²) < 4.78 is 11.5. The second kappa shape index (κ2) is 7.87. The first-order valence-electron chi connectivity index (χ1n) is 12.0. The zero-order valence-electron chi connectivity index (χ0n) is 19.5. The smallest absolute Gasteiger partial charge is 0.255 e. The summed E-state index contributed by atoms with van der Waals surface area (Å²) in [6.45, 7) is 3.57. The number of H-pyrrole nitrogens is 1. The minimum absolute atomic E-state index is 0.000923. The van der Waals surface area contributed by atoms with E-state index in [1.165, 1.54) is 0 Å². The summed E-state index contributed by atoms with van der Waals surface area (Å²) in [6, 6.07) is 16.1. The molecule has 1 N–H and O–H groups in total. The summed E-state index contributed by atoms with van der Waals surface area (Å²) in [5.74, 6) is 0.582. The Labute approximate surface area is 198 Å². The molecule has 176 valence electrons. The van der Waals surface area contributed by atoms with Crippen molar-refractivity contribution in [1.29, 1.82) is 0 Å². The fourth-order valence-corrected chi connectivity index (χ4v) is 6.09. The molecule has 7 nitrogen and oxygen atoms in total. The molecule has 0 unspecified atom stereocenters. The lowest BCUT2D eigenvalue weighted by Gasteiger charge is -2.51. The summed E-state index contributed by atoms with van der Waals surface area (Å²) in [5, 5.41) is 1.07. The first-order chi connectivity index (χ1) is 16.5. The molecule has 3 aliphatic rings. The monoisotopic (exact) mass is 459 g/mol. The summed E-state index contributed by atoms with van der Waals surface area (Å²) in [5.41, 5.74) is 2.75. The van der Waals surface area contributed by atoms with Crippen LogP contribution in [-0.4, -0.2) is 66.1 Å². The van der Waals surface area contributed by atoms with Gasteiger partial charge in [0.05, 0.1) is 25.5 Å². The van der Waals surface area contributed by atoms with E-state index in [-0.39, 0.29) is 30.4 Å². The molecule has 2 aromatic carbocycles. The van der Waals surface area contributed by atoms with Crippen LogP contribution in [0.5, 0.6) is 5.75 Å². The number of carbonyl (C=O) groups excluding carboxylic acids is 2. The van der Waals surface area contributed by atoms with E-state index >= 15 is 0 Å². The number of carbonyl (C=O) groups is 2. The Bertz CT molecular complexity index is 1280. The molecule has 4 heterocycles. The van der Waals surface area contributed by atoms with Crippen molar-refractivity contribution < 1.29 is 19.1 Å². The molecule has 2 amide bonds. The lowest BCUT2D eigenvalue weighted by molar-refractivity contribution is -0.167. The van der Waals surface area contributed by atoms with Gasteiger partial charge in [-0.25, -0.2) is 0 Å². The molecule has 6 rings (SSSR count). The number of hydrogen-bond acceptors (Lipinski definition) is 4. The molecular formula is C27H29N3O4. The van der Waals surface area contributed by atoms with E-state index in [1.54, 1.807) is 16.9 Å². The summed E-state index contributed by atoms with van der Waals surface area (Å²) in [4.78, 5) is 34.6. The highest BCUT2D eigenvalue weighted by atomic mass is 16.5. The van der Waals surface area contributed by atoms with Crippen LogP contribution in [0.1, 0.15) is 42.5 Å². The molecule has 3 aromatic rings. The number of nitrogens with one attached hydrogen (secondary N) is 1. The molecular weight excluding hydrogens is 430 g/mol. The Morgan fingerprint density at radius 3 is 2.74 bits per heavy atom. The fraction of sp³-hybridized carbons (Fsp3) is 0.407. The fourth-order valence-electron chi connectivity index (χ4n) is 6.09. The zero-order valence-corrected chi connectivity index (χ0v) is 19.5. The van der Waals surface area contributed by atoms with Gasteiger partial charge in [-0.2, -0.15) is 0 Å². The van der Waals surface area contributed by atoms with Gasteiger partial charge in [0, 0.05) is 42.1 Å². The minimum atomic E-state index is -1.10. The number of benzene rings is 2. The van der Waals surface area contributed by atoms with Crippen LogP contribution < -0.4 is 4.74 Å². The molecule has 0 spiro atoms. The Morgan fingerprint density at radius 1 is 1.15 bits per heavy atom. The predicted molar refractivity (Wildman–Crippen MR) is 128 cm³/mol. The largest absolute Gasteiger partial charge is 0.496 e. The molecule has 2 fully saturated rings. The normalized spacial score (nSPS) is 26.6. The number of nitrogens with zero attached hydrogens (tertiary/aromatic N) is 2. The van der Waals surface area contributed by atoms with Crippen molar-refractivity contribution in [2.75, 3.05) is 33.4 Å². The Morgan fingerprint density at radius 2 is 1.94 bits per heavy atom. The number of rotatable bonds is 4. The summed E-state index contributed by atoms with van der Waals surface area (Å²) in [6.07, 6.45) is 1.92. The third-order valence-corrected chi connectivity index (χ3v) is 7.78. The van der Waals surface area contributed by atoms with Gasteiger partial charge in [0.15, 0.2) is 5.54 Å². The van der Waals surface area contributed by atoms with Crippen molar-refractivity contribution in [3.8, 4) is 5.75 Å². The molecule has 3 atom stereocenters. The standard InChI is InChI=1S/C27H29N3O4/c1-27-25-24(19-10-3-5-11-21(19)28-25)20(18-9-4-6-12-22(18)33-2)15-30(27)23(31)16-29(26(27)32)14-17-8-7-13-34-17/h3-6,9-12,17,20,28H,7-8,13-16H2,1-2H3/t17-,20+,27+/m1/s1. The quantitative estimate of drug-likeness (QED) is 0.649. The van der Waals surface area contributed by atoms with E-state index in [0.717, 1.165) is 52.9 Å². The summed E-state index contributed by atoms with van der Waals surface area (Å²) >= 11 is 0. The van der Waals surface area contributed by atoms with Gasteiger partial charge in [-0.3, -0.25) is 9.59 Å². The number of hydrogen-bond donors (Lipinski definition) is 1. The number of piperazine rings is 1. The number of para-hydroxylation sites is 2. The van der Waals surface area contributed by atoms with Crippen molar-refractivity contribution in [2.45, 2.75) is 37.3 Å². The molecule has 3 aliphatic heterocycles. The van der Waals surface area contributed by atoms with Gasteiger partial charge in [0.1, 0.15) is 5.75 Å². The number of ether oxygens (including phenoxy) is 2. The third-order valence-electron chi connectivity index (χ3n) is 7.78. The second-order valence-corrected chi connectivity index (χ2v) is 9.65. The maximum atomic E-state index is 14.1. The van der Waals surface area contributed by atoms with Gasteiger partial charge < -0.3 is 24.3 Å². The van der Waals surface area contributed by atoms with Crippen LogP contribution in [0.4, 0.5) is 0 Å². The van der Waals surface area contributed by atoms with Crippen LogP contribution in [0.2, 0.25) is 0 Å². The van der Waals surface area contributed by atoms with Crippen LogP contribution in [-0.2, 0) is 19.9 Å². The van der Waals surface area contributed by atoms with E-state index in [0.29, 0.717) is 13.1 Å². The predicted octanol–water partition coefficient (Wildman–Crippen LogP) is 3.39. The van der Waals surface area contributed by atoms with Crippen LogP contribution in [0.25, 0.3) is 10.9 Å². The number of aromatic nitrogens is 1. The lowest BCUT2D eigenvalue weighted by atomic mass is 9.76. The molecule has 1 aromatic heterocycles.